The van der Waals surface area contributed by atoms with Crippen LogP contribution in [0, 0.1) is 3.57 Å². The molecule has 1 aromatic carbocycles. The van der Waals surface area contributed by atoms with Gasteiger partial charge in [-0.25, -0.2) is 4.68 Å². The van der Waals surface area contributed by atoms with Crippen LogP contribution >= 0.6 is 38.5 Å². The molecule has 0 bridgehead atoms. The quantitative estimate of drug-likeness (QED) is 0.619. The summed E-state index contributed by atoms with van der Waals surface area (Å²) < 4.78 is 9.62. The Hall–Kier alpha value is -1.02. The van der Waals surface area contributed by atoms with Crippen LogP contribution in [0.3, 0.4) is 0 Å². The Bertz CT molecular complexity index is 750. The molecule has 0 aliphatic rings. The van der Waals surface area contributed by atoms with Crippen molar-refractivity contribution < 1.29 is 4.42 Å². The second kappa shape index (κ2) is 4.82. The van der Waals surface area contributed by atoms with E-state index >= 15 is 0 Å². The number of benzene rings is 1. The van der Waals surface area contributed by atoms with E-state index in [2.05, 4.69) is 43.6 Å². The molecule has 2 aromatic heterocycles. The van der Waals surface area contributed by atoms with Gasteiger partial charge in [0.1, 0.15) is 23.2 Å². The Balaban J connectivity index is 2.06. The van der Waals surface area contributed by atoms with Gasteiger partial charge in [-0.05, 0) is 53.8 Å². The van der Waals surface area contributed by atoms with Crippen molar-refractivity contribution in [2.75, 3.05) is 5.73 Å². The lowest BCUT2D eigenvalue weighted by Gasteiger charge is -2.10. The molecule has 6 heteroatoms. The SMILES string of the molecule is CC(c1cc2cc(Br)ccc2o1)n1ncc(I)c1N. The largest absolute Gasteiger partial charge is 0.459 e. The number of furan rings is 1. The Morgan fingerprint density at radius 3 is 2.89 bits per heavy atom. The zero-order valence-electron chi connectivity index (χ0n) is 10.1. The fourth-order valence-electron chi connectivity index (χ4n) is 2.02. The molecule has 1 atom stereocenters. The van der Waals surface area contributed by atoms with E-state index in [0.29, 0.717) is 5.82 Å². The minimum absolute atomic E-state index is 0.0327. The van der Waals surface area contributed by atoms with Crippen molar-refractivity contribution in [3.8, 4) is 0 Å². The Morgan fingerprint density at radius 2 is 2.21 bits per heavy atom. The molecule has 0 aliphatic carbocycles. The molecule has 0 saturated carbocycles. The molecule has 98 valence electrons. The minimum Gasteiger partial charge on any atom is -0.459 e. The fourth-order valence-corrected chi connectivity index (χ4v) is 2.77. The van der Waals surface area contributed by atoms with Crippen molar-refractivity contribution in [3.63, 3.8) is 0 Å². The highest BCUT2D eigenvalue weighted by atomic mass is 127. The lowest BCUT2D eigenvalue weighted by atomic mass is 10.2. The van der Waals surface area contributed by atoms with Gasteiger partial charge in [-0.1, -0.05) is 15.9 Å². The zero-order valence-corrected chi connectivity index (χ0v) is 13.8. The third kappa shape index (κ3) is 2.27. The molecule has 0 radical (unpaired) electrons. The first-order valence-corrected chi connectivity index (χ1v) is 7.61. The first kappa shape index (κ1) is 13.0. The second-order valence-electron chi connectivity index (χ2n) is 4.33. The predicted molar refractivity (Wildman–Crippen MR) is 87.1 cm³/mol. The molecule has 3 rings (SSSR count). The molecule has 3 aromatic rings. The van der Waals surface area contributed by atoms with Crippen LogP contribution in [0.4, 0.5) is 5.82 Å². The third-order valence-electron chi connectivity index (χ3n) is 3.06. The number of nitrogens with two attached hydrogens (primary N) is 1. The molecule has 0 amide bonds. The molecule has 0 saturated heterocycles. The Morgan fingerprint density at radius 1 is 1.42 bits per heavy atom. The van der Waals surface area contributed by atoms with E-state index in [4.69, 9.17) is 10.2 Å². The summed E-state index contributed by atoms with van der Waals surface area (Å²) in [6.07, 6.45) is 1.76. The highest BCUT2D eigenvalue weighted by Gasteiger charge is 2.17. The van der Waals surface area contributed by atoms with E-state index < -0.39 is 0 Å². The van der Waals surface area contributed by atoms with E-state index in [0.717, 1.165) is 24.8 Å². The fraction of sp³-hybridized carbons (Fsp3) is 0.154. The number of hydrogen-bond acceptors (Lipinski definition) is 3. The topological polar surface area (TPSA) is 57.0 Å². The van der Waals surface area contributed by atoms with Crippen LogP contribution in [0.2, 0.25) is 0 Å². The molecule has 0 fully saturated rings. The van der Waals surface area contributed by atoms with Crippen molar-refractivity contribution in [1.82, 2.24) is 9.78 Å². The van der Waals surface area contributed by atoms with E-state index in [1.807, 2.05) is 31.2 Å². The number of fused-ring (bicyclic) bond motifs is 1. The highest BCUT2D eigenvalue weighted by Crippen LogP contribution is 2.29. The van der Waals surface area contributed by atoms with Crippen molar-refractivity contribution in [3.05, 3.63) is 44.3 Å². The maximum Gasteiger partial charge on any atom is 0.136 e. The van der Waals surface area contributed by atoms with Gasteiger partial charge in [-0.2, -0.15) is 5.10 Å². The van der Waals surface area contributed by atoms with Gasteiger partial charge in [-0.3, -0.25) is 0 Å². The summed E-state index contributed by atoms with van der Waals surface area (Å²) in [6, 6.07) is 7.94. The Labute approximate surface area is 132 Å². The normalized spacial score (nSPS) is 13.0. The van der Waals surface area contributed by atoms with Gasteiger partial charge in [0.05, 0.1) is 9.77 Å². The summed E-state index contributed by atoms with van der Waals surface area (Å²) in [5.74, 6) is 1.51. The Kier molecular flexibility index (Phi) is 3.30. The summed E-state index contributed by atoms with van der Waals surface area (Å²) in [5, 5.41) is 5.36. The number of nitrogens with zero attached hydrogens (tertiary/aromatic N) is 2. The van der Waals surface area contributed by atoms with Crippen LogP contribution in [0.5, 0.6) is 0 Å². The van der Waals surface area contributed by atoms with Gasteiger partial charge in [0.2, 0.25) is 0 Å². The van der Waals surface area contributed by atoms with Crippen LogP contribution in [0.25, 0.3) is 11.0 Å². The van der Waals surface area contributed by atoms with Crippen molar-refractivity contribution >= 4 is 55.3 Å². The van der Waals surface area contributed by atoms with Crippen molar-refractivity contribution in [2.45, 2.75) is 13.0 Å². The lowest BCUT2D eigenvalue weighted by Crippen LogP contribution is -2.10. The molecule has 2 N–H and O–H groups in total. The van der Waals surface area contributed by atoms with Gasteiger partial charge < -0.3 is 10.2 Å². The smallest absolute Gasteiger partial charge is 0.136 e. The number of anilines is 1. The number of rotatable bonds is 2. The molecule has 2 heterocycles. The van der Waals surface area contributed by atoms with Crippen LogP contribution in [0.1, 0.15) is 18.7 Å². The lowest BCUT2D eigenvalue weighted by molar-refractivity contribution is 0.448. The molecule has 4 nitrogen and oxygen atoms in total. The molecule has 1 unspecified atom stereocenters. The van der Waals surface area contributed by atoms with Gasteiger partial charge in [0.25, 0.3) is 0 Å². The molecule has 19 heavy (non-hydrogen) atoms. The van der Waals surface area contributed by atoms with Crippen molar-refractivity contribution in [1.29, 1.82) is 0 Å². The maximum absolute atomic E-state index is 6.00. The third-order valence-corrected chi connectivity index (χ3v) is 4.39. The van der Waals surface area contributed by atoms with E-state index in [9.17, 15) is 0 Å². The van der Waals surface area contributed by atoms with Crippen LogP contribution in [-0.2, 0) is 0 Å². The van der Waals surface area contributed by atoms with Gasteiger partial charge in [0, 0.05) is 9.86 Å². The summed E-state index contributed by atoms with van der Waals surface area (Å²) in [7, 11) is 0. The van der Waals surface area contributed by atoms with Crippen LogP contribution < -0.4 is 5.73 Å². The number of aromatic nitrogens is 2. The highest BCUT2D eigenvalue weighted by molar-refractivity contribution is 14.1. The standard InChI is InChI=1S/C13H11BrIN3O/c1-7(18-13(16)10(15)6-17-18)12-5-8-4-9(14)2-3-11(8)19-12/h2-7H,16H2,1H3. The molecular weight excluding hydrogens is 421 g/mol. The molecule has 0 aliphatic heterocycles. The predicted octanol–water partition coefficient (Wildman–Crippen LogP) is 4.19. The molecule has 0 spiro atoms. The van der Waals surface area contributed by atoms with Gasteiger partial charge >= 0.3 is 0 Å². The summed E-state index contributed by atoms with van der Waals surface area (Å²) in [4.78, 5) is 0. The maximum atomic E-state index is 6.00. The number of nitrogen functional groups attached to an aromatic ring is 1. The summed E-state index contributed by atoms with van der Waals surface area (Å²) in [6.45, 7) is 2.02. The van der Waals surface area contributed by atoms with Gasteiger partial charge in [0.15, 0.2) is 0 Å². The minimum atomic E-state index is -0.0327. The first-order chi connectivity index (χ1) is 9.06. The number of halogens is 2. The monoisotopic (exact) mass is 431 g/mol. The van der Waals surface area contributed by atoms with E-state index in [-0.39, 0.29) is 6.04 Å². The zero-order chi connectivity index (χ0) is 13.6. The average Bonchev–Trinajstić information content (AvgIpc) is 2.93. The first-order valence-electron chi connectivity index (χ1n) is 5.73. The number of hydrogen-bond donors (Lipinski definition) is 1. The van der Waals surface area contributed by atoms with E-state index in [1.165, 1.54) is 0 Å². The van der Waals surface area contributed by atoms with E-state index in [1.54, 1.807) is 10.9 Å². The van der Waals surface area contributed by atoms with Crippen molar-refractivity contribution in [2.24, 2.45) is 0 Å². The van der Waals surface area contributed by atoms with Crippen LogP contribution in [-0.4, -0.2) is 9.78 Å². The molecular formula is C13H11BrIN3O. The second-order valence-corrected chi connectivity index (χ2v) is 6.41. The summed E-state index contributed by atoms with van der Waals surface area (Å²) in [5.41, 5.74) is 6.87. The summed E-state index contributed by atoms with van der Waals surface area (Å²) >= 11 is 5.63. The van der Waals surface area contributed by atoms with Gasteiger partial charge in [-0.15, -0.1) is 0 Å². The average molecular weight is 432 g/mol. The van der Waals surface area contributed by atoms with Crippen LogP contribution in [0.15, 0.2) is 39.4 Å².